The summed E-state index contributed by atoms with van der Waals surface area (Å²) in [5.74, 6) is 0.495. The van der Waals surface area contributed by atoms with E-state index in [1.54, 1.807) is 10.8 Å². The molecule has 0 radical (unpaired) electrons. The van der Waals surface area contributed by atoms with E-state index in [-0.39, 0.29) is 36.5 Å². The molecule has 0 spiro atoms. The summed E-state index contributed by atoms with van der Waals surface area (Å²) in [5, 5.41) is 9.48. The molecule has 0 saturated carbocycles. The quantitative estimate of drug-likeness (QED) is 0.158. The predicted molar refractivity (Wildman–Crippen MR) is 172 cm³/mol. The van der Waals surface area contributed by atoms with Crippen LogP contribution in [-0.4, -0.2) is 59.7 Å². The van der Waals surface area contributed by atoms with Gasteiger partial charge in [-0.15, -0.1) is 0 Å². The fraction of sp³-hybridized carbons (Fsp3) is 0.588. The van der Waals surface area contributed by atoms with Gasteiger partial charge in [0.2, 0.25) is 5.78 Å². The summed E-state index contributed by atoms with van der Waals surface area (Å²) in [6.45, 7) is 14.7. The molecular formula is C34H48N4O4Si. The SMILES string of the molecule is CC(C)(C)OC(=O)N1CCC(c2ccc(CC(=O)c3nc(C#N)cn3COCC[Si](C)(C)C)c(C3=CCCCC3)c2)CC1. The van der Waals surface area contributed by atoms with E-state index >= 15 is 0 Å². The molecule has 1 saturated heterocycles. The molecular weight excluding hydrogens is 556 g/mol. The molecule has 1 aliphatic carbocycles. The van der Waals surface area contributed by atoms with E-state index in [1.807, 2.05) is 25.7 Å². The maximum atomic E-state index is 13.7. The van der Waals surface area contributed by atoms with E-state index in [4.69, 9.17) is 9.47 Å². The minimum absolute atomic E-state index is 0.119. The van der Waals surface area contributed by atoms with Crippen molar-refractivity contribution < 1.29 is 19.1 Å². The lowest BCUT2D eigenvalue weighted by Crippen LogP contribution is -2.41. The lowest BCUT2D eigenvalue weighted by Gasteiger charge is -2.34. The number of benzene rings is 1. The monoisotopic (exact) mass is 604 g/mol. The van der Waals surface area contributed by atoms with Gasteiger partial charge in [-0.3, -0.25) is 4.79 Å². The van der Waals surface area contributed by atoms with Crippen molar-refractivity contribution in [3.63, 3.8) is 0 Å². The normalized spacial score (nSPS) is 16.5. The molecule has 1 aromatic carbocycles. The van der Waals surface area contributed by atoms with Crippen LogP contribution >= 0.6 is 0 Å². The van der Waals surface area contributed by atoms with Crippen LogP contribution in [0.25, 0.3) is 5.57 Å². The number of Topliss-reactive ketones (excluding diaryl/α,β-unsaturated/α-hetero) is 1. The predicted octanol–water partition coefficient (Wildman–Crippen LogP) is 7.56. The third-order valence-electron chi connectivity index (χ3n) is 8.11. The van der Waals surface area contributed by atoms with E-state index in [0.29, 0.717) is 25.6 Å². The number of hydrogen-bond donors (Lipinski definition) is 0. The molecule has 232 valence electrons. The molecule has 4 rings (SSSR count). The van der Waals surface area contributed by atoms with Crippen LogP contribution in [0.1, 0.15) is 98.2 Å². The third kappa shape index (κ3) is 9.38. The van der Waals surface area contributed by atoms with E-state index in [1.165, 1.54) is 17.6 Å². The second-order valence-corrected chi connectivity index (χ2v) is 19.7. The molecule has 0 bridgehead atoms. The molecule has 43 heavy (non-hydrogen) atoms. The van der Waals surface area contributed by atoms with Gasteiger partial charge in [0.05, 0.1) is 0 Å². The maximum Gasteiger partial charge on any atom is 0.410 e. The first-order valence-corrected chi connectivity index (χ1v) is 19.4. The number of ketones is 1. The summed E-state index contributed by atoms with van der Waals surface area (Å²) in [7, 11) is -1.24. The molecule has 0 unspecified atom stereocenters. The highest BCUT2D eigenvalue weighted by Gasteiger charge is 2.28. The number of piperidine rings is 1. The highest BCUT2D eigenvalue weighted by molar-refractivity contribution is 6.76. The Bertz CT molecular complexity index is 1370. The first kappa shape index (κ1) is 32.7. The average Bonchev–Trinajstić information content (AvgIpc) is 3.38. The van der Waals surface area contributed by atoms with Crippen molar-refractivity contribution in [2.75, 3.05) is 19.7 Å². The van der Waals surface area contributed by atoms with Crippen molar-refractivity contribution in [1.82, 2.24) is 14.5 Å². The molecule has 1 aliphatic heterocycles. The molecule has 1 fully saturated rings. The Balaban J connectivity index is 1.51. The molecule has 2 aliphatic rings. The number of carbonyl (C=O) groups excluding carboxylic acids is 2. The standard InChI is InChI=1S/C34H48N4O4Si/c1-34(2,3)42-33(40)37-16-14-25(15-17-37)27-12-13-28(30(20-27)26-10-8-7-9-11-26)21-31(39)32-36-29(22-35)23-38(32)24-41-18-19-43(4,5)6/h10,12-13,20,23,25H,7-9,11,14-19,21,24H2,1-6H3. The van der Waals surface area contributed by atoms with Gasteiger partial charge >= 0.3 is 6.09 Å². The largest absolute Gasteiger partial charge is 0.444 e. The number of ether oxygens (including phenoxy) is 2. The number of hydrogen-bond acceptors (Lipinski definition) is 6. The number of carbonyl (C=O) groups is 2. The number of amides is 1. The molecule has 8 nitrogen and oxygen atoms in total. The molecule has 2 aromatic rings. The maximum absolute atomic E-state index is 13.7. The molecule has 0 N–H and O–H groups in total. The zero-order valence-electron chi connectivity index (χ0n) is 26.9. The highest BCUT2D eigenvalue weighted by atomic mass is 28.3. The number of nitrogens with zero attached hydrogens (tertiary/aromatic N) is 4. The summed E-state index contributed by atoms with van der Waals surface area (Å²) < 4.78 is 13.2. The number of aromatic nitrogens is 2. The van der Waals surface area contributed by atoms with Gasteiger partial charge in [0, 0.05) is 40.4 Å². The Kier molecular flexibility index (Phi) is 10.7. The number of rotatable bonds is 10. The highest BCUT2D eigenvalue weighted by Crippen LogP contribution is 2.35. The zero-order valence-corrected chi connectivity index (χ0v) is 27.9. The topological polar surface area (TPSA) is 97.5 Å². The smallest absolute Gasteiger partial charge is 0.410 e. The Morgan fingerprint density at radius 2 is 1.88 bits per heavy atom. The lowest BCUT2D eigenvalue weighted by molar-refractivity contribution is 0.0204. The van der Waals surface area contributed by atoms with Crippen molar-refractivity contribution in [2.24, 2.45) is 0 Å². The van der Waals surface area contributed by atoms with Gasteiger partial charge in [-0.1, -0.05) is 43.9 Å². The molecule has 1 aromatic heterocycles. The van der Waals surface area contributed by atoms with Gasteiger partial charge in [-0.25, -0.2) is 9.78 Å². The van der Waals surface area contributed by atoms with Crippen LogP contribution in [0.15, 0.2) is 30.5 Å². The summed E-state index contributed by atoms with van der Waals surface area (Å²) in [6.07, 6.45) is 10.0. The fourth-order valence-electron chi connectivity index (χ4n) is 5.69. The van der Waals surface area contributed by atoms with Crippen LogP contribution in [0.4, 0.5) is 4.79 Å². The van der Waals surface area contributed by atoms with Crippen LogP contribution in [0.2, 0.25) is 25.7 Å². The van der Waals surface area contributed by atoms with Crippen LogP contribution in [0.5, 0.6) is 0 Å². The van der Waals surface area contributed by atoms with E-state index in [2.05, 4.69) is 55.0 Å². The minimum Gasteiger partial charge on any atom is -0.444 e. The Morgan fingerprint density at radius 1 is 1.14 bits per heavy atom. The van der Waals surface area contributed by atoms with Crippen molar-refractivity contribution in [3.8, 4) is 6.07 Å². The number of allylic oxidation sites excluding steroid dienone is 2. The van der Waals surface area contributed by atoms with E-state index in [9.17, 15) is 14.9 Å². The lowest BCUT2D eigenvalue weighted by atomic mass is 9.83. The number of likely N-dealkylation sites (tertiary alicyclic amines) is 1. The summed E-state index contributed by atoms with van der Waals surface area (Å²) in [6, 6.07) is 9.63. The van der Waals surface area contributed by atoms with Gasteiger partial charge in [0.15, 0.2) is 11.5 Å². The summed E-state index contributed by atoms with van der Waals surface area (Å²) in [5.41, 5.74) is 4.41. The van der Waals surface area contributed by atoms with Gasteiger partial charge < -0.3 is 18.9 Å². The zero-order chi connectivity index (χ0) is 31.2. The Morgan fingerprint density at radius 3 is 2.51 bits per heavy atom. The van der Waals surface area contributed by atoms with Crippen LogP contribution < -0.4 is 0 Å². The van der Waals surface area contributed by atoms with Gasteiger partial charge in [-0.2, -0.15) is 5.26 Å². The molecule has 1 amide bonds. The molecule has 9 heteroatoms. The van der Waals surface area contributed by atoms with Crippen molar-refractivity contribution in [3.05, 3.63) is 58.7 Å². The van der Waals surface area contributed by atoms with Crippen molar-refractivity contribution in [1.29, 1.82) is 5.26 Å². The average molecular weight is 605 g/mol. The summed E-state index contributed by atoms with van der Waals surface area (Å²) >= 11 is 0. The van der Waals surface area contributed by atoms with E-state index in [0.717, 1.165) is 49.3 Å². The third-order valence-corrected chi connectivity index (χ3v) is 9.81. The van der Waals surface area contributed by atoms with Crippen molar-refractivity contribution in [2.45, 2.75) is 110 Å². The Hall–Kier alpha value is -3.22. The second-order valence-electron chi connectivity index (χ2n) is 14.1. The Labute approximate surface area is 258 Å². The van der Waals surface area contributed by atoms with Crippen molar-refractivity contribution >= 4 is 25.5 Å². The van der Waals surface area contributed by atoms with Gasteiger partial charge in [0.1, 0.15) is 18.4 Å². The molecule has 2 heterocycles. The van der Waals surface area contributed by atoms with Gasteiger partial charge in [-0.05, 0) is 93.5 Å². The van der Waals surface area contributed by atoms with E-state index < -0.39 is 13.7 Å². The van der Waals surface area contributed by atoms with Gasteiger partial charge in [0.25, 0.3) is 0 Å². The minimum atomic E-state index is -1.24. The van der Waals surface area contributed by atoms with Crippen LogP contribution in [0, 0.1) is 11.3 Å². The first-order valence-electron chi connectivity index (χ1n) is 15.7. The van der Waals surface area contributed by atoms with Crippen LogP contribution in [-0.2, 0) is 22.6 Å². The second kappa shape index (κ2) is 14.0. The number of imidazole rings is 1. The number of nitriles is 1. The fourth-order valence-corrected chi connectivity index (χ4v) is 6.45. The molecule has 0 atom stereocenters. The first-order chi connectivity index (χ1) is 20.3. The summed E-state index contributed by atoms with van der Waals surface area (Å²) in [4.78, 5) is 32.4. The van der Waals surface area contributed by atoms with Crippen LogP contribution in [0.3, 0.4) is 0 Å².